The van der Waals surface area contributed by atoms with Gasteiger partial charge in [-0.05, 0) is 37.5 Å². The van der Waals surface area contributed by atoms with Gasteiger partial charge in [0.15, 0.2) is 0 Å². The number of aliphatic hydroxyl groups is 1. The first-order chi connectivity index (χ1) is 9.92. The molecule has 0 spiro atoms. The summed E-state index contributed by atoms with van der Waals surface area (Å²) in [7, 11) is -3.72. The van der Waals surface area contributed by atoms with Crippen LogP contribution in [0, 0.1) is 23.6 Å². The van der Waals surface area contributed by atoms with Crippen LogP contribution in [-0.4, -0.2) is 26.2 Å². The molecule has 114 valence electrons. The third-order valence-electron chi connectivity index (χ3n) is 3.29. The Morgan fingerprint density at radius 1 is 1.48 bits per heavy atom. The van der Waals surface area contributed by atoms with Gasteiger partial charge in [0.05, 0.1) is 10.5 Å². The fraction of sp³-hybridized carbons (Fsp3) is 0.467. The SMILES string of the molecule is CC(CC1CC1)NS(=O)(=O)c1ccc(C#CCO)c(F)c1. The Hall–Kier alpha value is -1.42. The first-order valence-electron chi connectivity index (χ1n) is 6.84. The lowest BCUT2D eigenvalue weighted by atomic mass is 10.2. The maximum absolute atomic E-state index is 13.8. The van der Waals surface area contributed by atoms with E-state index in [1.165, 1.54) is 12.1 Å². The molecule has 1 saturated carbocycles. The second kappa shape index (κ2) is 6.56. The predicted octanol–water partition coefficient (Wildman–Crippen LogP) is 1.64. The average Bonchev–Trinajstić information content (AvgIpc) is 3.20. The van der Waals surface area contributed by atoms with Gasteiger partial charge in [0.25, 0.3) is 0 Å². The van der Waals surface area contributed by atoms with Crippen LogP contribution in [0.1, 0.15) is 31.7 Å². The summed E-state index contributed by atoms with van der Waals surface area (Å²) in [6.45, 7) is 1.44. The third-order valence-corrected chi connectivity index (χ3v) is 4.88. The van der Waals surface area contributed by atoms with Crippen LogP contribution >= 0.6 is 0 Å². The van der Waals surface area contributed by atoms with Crippen molar-refractivity contribution in [3.05, 3.63) is 29.6 Å². The molecule has 1 aromatic carbocycles. The summed E-state index contributed by atoms with van der Waals surface area (Å²) in [6, 6.07) is 3.40. The smallest absolute Gasteiger partial charge is 0.240 e. The van der Waals surface area contributed by atoms with E-state index in [0.29, 0.717) is 5.92 Å². The van der Waals surface area contributed by atoms with E-state index < -0.39 is 15.8 Å². The van der Waals surface area contributed by atoms with E-state index in [1.54, 1.807) is 0 Å². The van der Waals surface area contributed by atoms with Crippen LogP contribution < -0.4 is 4.72 Å². The van der Waals surface area contributed by atoms with Crippen molar-refractivity contribution in [3.63, 3.8) is 0 Å². The van der Waals surface area contributed by atoms with Gasteiger partial charge in [-0.2, -0.15) is 0 Å². The number of benzene rings is 1. The van der Waals surface area contributed by atoms with Gasteiger partial charge in [0.1, 0.15) is 12.4 Å². The monoisotopic (exact) mass is 311 g/mol. The molecule has 2 rings (SSSR count). The Labute approximate surface area is 124 Å². The van der Waals surface area contributed by atoms with Crippen molar-refractivity contribution < 1.29 is 17.9 Å². The van der Waals surface area contributed by atoms with Crippen molar-refractivity contribution in [1.82, 2.24) is 4.72 Å². The highest BCUT2D eigenvalue weighted by atomic mass is 32.2. The lowest BCUT2D eigenvalue weighted by molar-refractivity contribution is 0.350. The number of aliphatic hydroxyl groups excluding tert-OH is 1. The summed E-state index contributed by atoms with van der Waals surface area (Å²) in [4.78, 5) is -0.114. The molecule has 4 nitrogen and oxygen atoms in total. The van der Waals surface area contributed by atoms with Crippen LogP contribution in [0.25, 0.3) is 0 Å². The highest BCUT2D eigenvalue weighted by molar-refractivity contribution is 7.89. The second-order valence-corrected chi connectivity index (χ2v) is 7.02. The van der Waals surface area contributed by atoms with Gasteiger partial charge in [-0.1, -0.05) is 24.7 Å². The van der Waals surface area contributed by atoms with Crippen LogP contribution in [0.2, 0.25) is 0 Å². The van der Waals surface area contributed by atoms with Crippen molar-refractivity contribution in [1.29, 1.82) is 0 Å². The lowest BCUT2D eigenvalue weighted by Crippen LogP contribution is -2.33. The zero-order chi connectivity index (χ0) is 15.5. The minimum absolute atomic E-state index is 0.0639. The van der Waals surface area contributed by atoms with Gasteiger partial charge in [-0.3, -0.25) is 0 Å². The van der Waals surface area contributed by atoms with Gasteiger partial charge in [0.2, 0.25) is 10.0 Å². The minimum atomic E-state index is -3.72. The molecular formula is C15H18FNO3S. The third kappa shape index (κ3) is 4.53. The maximum Gasteiger partial charge on any atom is 0.240 e. The maximum atomic E-state index is 13.8. The summed E-state index contributed by atoms with van der Waals surface area (Å²) in [5, 5.41) is 8.58. The van der Waals surface area contributed by atoms with Crippen molar-refractivity contribution in [2.24, 2.45) is 5.92 Å². The van der Waals surface area contributed by atoms with Gasteiger partial charge < -0.3 is 5.11 Å². The van der Waals surface area contributed by atoms with Crippen LogP contribution in [0.3, 0.4) is 0 Å². The Kier molecular flexibility index (Phi) is 4.99. The topological polar surface area (TPSA) is 66.4 Å². The summed E-state index contributed by atoms with van der Waals surface area (Å²) in [5.41, 5.74) is 0.0639. The van der Waals surface area contributed by atoms with Gasteiger partial charge in [0, 0.05) is 6.04 Å². The number of nitrogens with one attached hydrogen (secondary N) is 1. The first-order valence-corrected chi connectivity index (χ1v) is 8.32. The molecule has 0 radical (unpaired) electrons. The molecular weight excluding hydrogens is 293 g/mol. The highest BCUT2D eigenvalue weighted by Gasteiger charge is 2.26. The molecule has 0 aliphatic heterocycles. The number of sulfonamides is 1. The molecule has 21 heavy (non-hydrogen) atoms. The number of rotatable bonds is 5. The molecule has 1 atom stereocenters. The fourth-order valence-electron chi connectivity index (χ4n) is 2.13. The van der Waals surface area contributed by atoms with E-state index in [4.69, 9.17) is 5.11 Å². The van der Waals surface area contributed by atoms with Gasteiger partial charge >= 0.3 is 0 Å². The van der Waals surface area contributed by atoms with Crippen molar-refractivity contribution in [3.8, 4) is 11.8 Å². The molecule has 1 aromatic rings. The van der Waals surface area contributed by atoms with Crippen molar-refractivity contribution >= 4 is 10.0 Å². The minimum Gasteiger partial charge on any atom is -0.384 e. The summed E-state index contributed by atoms with van der Waals surface area (Å²) >= 11 is 0. The van der Waals surface area contributed by atoms with E-state index in [-0.39, 0.29) is 23.1 Å². The Bertz CT molecular complexity index is 672. The van der Waals surface area contributed by atoms with E-state index in [9.17, 15) is 12.8 Å². The Morgan fingerprint density at radius 3 is 2.76 bits per heavy atom. The Morgan fingerprint density at radius 2 is 2.19 bits per heavy atom. The molecule has 1 unspecified atom stereocenters. The van der Waals surface area contributed by atoms with Gasteiger partial charge in [-0.25, -0.2) is 17.5 Å². The molecule has 0 saturated heterocycles. The fourth-order valence-corrected chi connectivity index (χ4v) is 3.40. The molecule has 6 heteroatoms. The summed E-state index contributed by atoms with van der Waals surface area (Å²) in [6.07, 6.45) is 3.11. The van der Waals surface area contributed by atoms with Crippen LogP contribution in [0.5, 0.6) is 0 Å². The zero-order valence-electron chi connectivity index (χ0n) is 11.8. The summed E-state index contributed by atoms with van der Waals surface area (Å²) in [5.74, 6) is 4.64. The lowest BCUT2D eigenvalue weighted by Gasteiger charge is -2.14. The molecule has 2 N–H and O–H groups in total. The Balaban J connectivity index is 2.13. The normalized spacial score (nSPS) is 16.1. The first kappa shape index (κ1) is 16.0. The number of hydrogen-bond donors (Lipinski definition) is 2. The molecule has 0 amide bonds. The number of hydrogen-bond acceptors (Lipinski definition) is 3. The zero-order valence-corrected chi connectivity index (χ0v) is 12.6. The molecule has 1 aliphatic carbocycles. The van der Waals surface area contributed by atoms with Crippen molar-refractivity contribution in [2.75, 3.05) is 6.61 Å². The van der Waals surface area contributed by atoms with Crippen LogP contribution in [0.15, 0.2) is 23.1 Å². The molecule has 0 heterocycles. The highest BCUT2D eigenvalue weighted by Crippen LogP contribution is 2.33. The molecule has 0 aromatic heterocycles. The molecule has 0 bridgehead atoms. The van der Waals surface area contributed by atoms with E-state index in [2.05, 4.69) is 16.6 Å². The van der Waals surface area contributed by atoms with Crippen LogP contribution in [-0.2, 0) is 10.0 Å². The van der Waals surface area contributed by atoms with Crippen molar-refractivity contribution in [2.45, 2.75) is 37.1 Å². The van der Waals surface area contributed by atoms with E-state index in [0.717, 1.165) is 25.3 Å². The van der Waals surface area contributed by atoms with Crippen LogP contribution in [0.4, 0.5) is 4.39 Å². The quantitative estimate of drug-likeness (QED) is 0.812. The van der Waals surface area contributed by atoms with E-state index >= 15 is 0 Å². The number of halogens is 1. The summed E-state index contributed by atoms with van der Waals surface area (Å²) < 4.78 is 40.7. The predicted molar refractivity (Wildman–Crippen MR) is 77.5 cm³/mol. The molecule has 1 aliphatic rings. The molecule has 1 fully saturated rings. The second-order valence-electron chi connectivity index (χ2n) is 5.30. The van der Waals surface area contributed by atoms with Gasteiger partial charge in [-0.15, -0.1) is 0 Å². The largest absolute Gasteiger partial charge is 0.384 e. The average molecular weight is 311 g/mol. The van der Waals surface area contributed by atoms with E-state index in [1.807, 2.05) is 6.92 Å². The standard InChI is InChI=1S/C15H18FNO3S/c1-11(9-12-4-5-12)17-21(19,20)14-7-6-13(3-2-8-18)15(16)10-14/h6-7,10-12,17-18H,4-5,8-9H2,1H3.